The van der Waals surface area contributed by atoms with Crippen molar-refractivity contribution in [3.63, 3.8) is 0 Å². The molecule has 9 heteroatoms. The number of ether oxygens (including phenoxy) is 1. The van der Waals surface area contributed by atoms with Gasteiger partial charge in [0, 0.05) is 35.6 Å². The molecule has 1 aromatic carbocycles. The summed E-state index contributed by atoms with van der Waals surface area (Å²) in [6, 6.07) is 5.85. The fourth-order valence-corrected chi connectivity index (χ4v) is 4.25. The van der Waals surface area contributed by atoms with Crippen LogP contribution in [-0.4, -0.2) is 50.4 Å². The standard InChI is InChI=1S/C23H26N6O3/c1-23(2,3)32-22(31)28-9-7-15(8-10-28)29-13-14(11-25-29)26-20-16-5-4-6-17-19(16)18(12-24-20)27-21(17)30/h4-6,11-13,15H,7-10H2,1-3H3,(H,24,26)(H,27,30). The summed E-state index contributed by atoms with van der Waals surface area (Å²) in [5.74, 6) is 0.580. The summed E-state index contributed by atoms with van der Waals surface area (Å²) in [7, 11) is 0. The molecule has 9 nitrogen and oxygen atoms in total. The Balaban J connectivity index is 1.28. The molecule has 1 saturated heterocycles. The van der Waals surface area contributed by atoms with E-state index in [0.717, 1.165) is 35.0 Å². The van der Waals surface area contributed by atoms with E-state index in [1.54, 1.807) is 17.3 Å². The van der Waals surface area contributed by atoms with Crippen LogP contribution in [0, 0.1) is 0 Å². The Labute approximate surface area is 185 Å². The summed E-state index contributed by atoms with van der Waals surface area (Å²) in [6.07, 6.45) is 6.78. The minimum atomic E-state index is -0.490. The van der Waals surface area contributed by atoms with Gasteiger partial charge in [-0.15, -0.1) is 0 Å². The van der Waals surface area contributed by atoms with E-state index in [9.17, 15) is 9.59 Å². The van der Waals surface area contributed by atoms with Gasteiger partial charge in [-0.2, -0.15) is 5.10 Å². The molecule has 0 aliphatic carbocycles. The zero-order chi connectivity index (χ0) is 22.5. The fourth-order valence-electron chi connectivity index (χ4n) is 4.25. The number of nitrogens with zero attached hydrogens (tertiary/aromatic N) is 4. The van der Waals surface area contributed by atoms with Gasteiger partial charge in [-0.1, -0.05) is 12.1 Å². The highest BCUT2D eigenvalue weighted by molar-refractivity contribution is 6.25. The number of carbonyl (C=O) groups excluding carboxylic acids is 2. The molecule has 4 heterocycles. The molecule has 2 aliphatic heterocycles. The van der Waals surface area contributed by atoms with E-state index in [1.807, 2.05) is 49.8 Å². The summed E-state index contributed by atoms with van der Waals surface area (Å²) < 4.78 is 7.42. The van der Waals surface area contributed by atoms with Gasteiger partial charge in [0.25, 0.3) is 5.91 Å². The maximum Gasteiger partial charge on any atom is 0.410 e. The number of aromatic nitrogens is 3. The minimum Gasteiger partial charge on any atom is -0.444 e. The van der Waals surface area contributed by atoms with Crippen molar-refractivity contribution in [1.82, 2.24) is 19.7 Å². The van der Waals surface area contributed by atoms with Crippen LogP contribution in [0.4, 0.5) is 22.0 Å². The van der Waals surface area contributed by atoms with Crippen LogP contribution in [0.2, 0.25) is 0 Å². The highest BCUT2D eigenvalue weighted by Crippen LogP contribution is 2.36. The van der Waals surface area contributed by atoms with Crippen LogP contribution in [0.25, 0.3) is 10.8 Å². The van der Waals surface area contributed by atoms with E-state index < -0.39 is 5.60 Å². The van der Waals surface area contributed by atoms with Crippen molar-refractivity contribution in [3.8, 4) is 0 Å². The second kappa shape index (κ2) is 7.51. The number of benzene rings is 1. The molecular weight excluding hydrogens is 408 g/mol. The maximum atomic E-state index is 12.3. The molecule has 3 aromatic rings. The Morgan fingerprint density at radius 1 is 1.22 bits per heavy atom. The van der Waals surface area contributed by atoms with E-state index in [-0.39, 0.29) is 18.0 Å². The summed E-state index contributed by atoms with van der Waals surface area (Å²) in [5, 5.41) is 12.5. The third-order valence-electron chi connectivity index (χ3n) is 5.76. The van der Waals surface area contributed by atoms with E-state index in [1.165, 1.54) is 0 Å². The lowest BCUT2D eigenvalue weighted by atomic mass is 10.1. The van der Waals surface area contributed by atoms with E-state index in [4.69, 9.17) is 4.74 Å². The van der Waals surface area contributed by atoms with Crippen LogP contribution in [0.5, 0.6) is 0 Å². The van der Waals surface area contributed by atoms with Gasteiger partial charge in [0.1, 0.15) is 11.4 Å². The van der Waals surface area contributed by atoms with Crippen LogP contribution in [0.1, 0.15) is 50.0 Å². The topological polar surface area (TPSA) is 101 Å². The Bertz CT molecular complexity index is 1200. The average molecular weight is 435 g/mol. The first kappa shape index (κ1) is 20.3. The molecule has 2 amide bonds. The van der Waals surface area contributed by atoms with Crippen LogP contribution >= 0.6 is 0 Å². The number of carbonyl (C=O) groups is 2. The molecule has 32 heavy (non-hydrogen) atoms. The highest BCUT2D eigenvalue weighted by Gasteiger charge is 2.28. The Hall–Kier alpha value is -3.62. The molecule has 2 aliphatic rings. The second-order valence-corrected chi connectivity index (χ2v) is 9.24. The Morgan fingerprint density at radius 2 is 2.00 bits per heavy atom. The largest absolute Gasteiger partial charge is 0.444 e. The Morgan fingerprint density at radius 3 is 2.75 bits per heavy atom. The molecule has 1 fully saturated rings. The average Bonchev–Trinajstić information content (AvgIpc) is 3.35. The summed E-state index contributed by atoms with van der Waals surface area (Å²) in [4.78, 5) is 30.7. The SMILES string of the molecule is CC(C)(C)OC(=O)N1CCC(n2cc(Nc3ncc4c5c(cccc35)C(=O)N4)cn2)CC1. The monoisotopic (exact) mass is 434 g/mol. The molecule has 2 N–H and O–H groups in total. The van der Waals surface area contributed by atoms with Crippen LogP contribution < -0.4 is 10.6 Å². The molecule has 0 unspecified atom stereocenters. The van der Waals surface area contributed by atoms with Crippen molar-refractivity contribution < 1.29 is 14.3 Å². The summed E-state index contributed by atoms with van der Waals surface area (Å²) in [6.45, 7) is 6.91. The smallest absolute Gasteiger partial charge is 0.410 e. The molecular formula is C23H26N6O3. The molecule has 5 rings (SSSR count). The number of nitrogens with one attached hydrogen (secondary N) is 2. The van der Waals surface area contributed by atoms with Crippen molar-refractivity contribution in [2.45, 2.75) is 45.3 Å². The molecule has 0 atom stereocenters. The summed E-state index contributed by atoms with van der Waals surface area (Å²) >= 11 is 0. The number of hydrogen-bond donors (Lipinski definition) is 2. The van der Waals surface area contributed by atoms with Gasteiger partial charge < -0.3 is 20.3 Å². The molecule has 2 aromatic heterocycles. The van der Waals surface area contributed by atoms with E-state index >= 15 is 0 Å². The van der Waals surface area contributed by atoms with Gasteiger partial charge in [0.2, 0.25) is 0 Å². The van der Waals surface area contributed by atoms with Crippen molar-refractivity contribution in [1.29, 1.82) is 0 Å². The Kier molecular flexibility index (Phi) is 4.76. The number of amides is 2. The first-order valence-corrected chi connectivity index (χ1v) is 10.8. The summed E-state index contributed by atoms with van der Waals surface area (Å²) in [5.41, 5.74) is 1.73. The number of hydrogen-bond acceptors (Lipinski definition) is 6. The predicted octanol–water partition coefficient (Wildman–Crippen LogP) is 4.31. The maximum absolute atomic E-state index is 12.3. The van der Waals surface area contributed by atoms with E-state index in [0.29, 0.717) is 24.5 Å². The third-order valence-corrected chi connectivity index (χ3v) is 5.76. The molecule has 0 radical (unpaired) electrons. The van der Waals surface area contributed by atoms with Crippen molar-refractivity contribution in [2.24, 2.45) is 0 Å². The predicted molar refractivity (Wildman–Crippen MR) is 121 cm³/mol. The fraction of sp³-hybridized carbons (Fsp3) is 0.391. The first-order valence-electron chi connectivity index (χ1n) is 10.8. The van der Waals surface area contributed by atoms with Gasteiger partial charge >= 0.3 is 6.09 Å². The van der Waals surface area contributed by atoms with Gasteiger partial charge in [0.15, 0.2) is 0 Å². The lowest BCUT2D eigenvalue weighted by molar-refractivity contribution is 0.0184. The van der Waals surface area contributed by atoms with Gasteiger partial charge in [-0.25, -0.2) is 9.78 Å². The lowest BCUT2D eigenvalue weighted by Crippen LogP contribution is -2.42. The highest BCUT2D eigenvalue weighted by atomic mass is 16.6. The van der Waals surface area contributed by atoms with Crippen molar-refractivity contribution >= 4 is 40.0 Å². The van der Waals surface area contributed by atoms with Crippen molar-refractivity contribution in [2.75, 3.05) is 23.7 Å². The lowest BCUT2D eigenvalue weighted by Gasteiger charge is -2.33. The number of pyridine rings is 1. The van der Waals surface area contributed by atoms with Crippen LogP contribution in [0.3, 0.4) is 0 Å². The number of piperidine rings is 1. The number of anilines is 3. The molecule has 0 spiro atoms. The third kappa shape index (κ3) is 3.74. The quantitative estimate of drug-likeness (QED) is 0.637. The van der Waals surface area contributed by atoms with Gasteiger partial charge in [-0.05, 0) is 39.7 Å². The first-order chi connectivity index (χ1) is 15.3. The van der Waals surface area contributed by atoms with Crippen LogP contribution in [0.15, 0.2) is 36.8 Å². The van der Waals surface area contributed by atoms with Gasteiger partial charge in [0.05, 0.1) is 29.8 Å². The van der Waals surface area contributed by atoms with Crippen LogP contribution in [-0.2, 0) is 4.74 Å². The zero-order valence-corrected chi connectivity index (χ0v) is 18.4. The number of rotatable bonds is 3. The minimum absolute atomic E-state index is 0.102. The number of likely N-dealkylation sites (tertiary alicyclic amines) is 1. The molecule has 0 saturated carbocycles. The second-order valence-electron chi connectivity index (χ2n) is 9.24. The molecule has 0 bridgehead atoms. The van der Waals surface area contributed by atoms with Gasteiger partial charge in [-0.3, -0.25) is 9.48 Å². The normalized spacial score (nSPS) is 16.3. The van der Waals surface area contributed by atoms with E-state index in [2.05, 4.69) is 20.7 Å². The zero-order valence-electron chi connectivity index (χ0n) is 18.4. The van der Waals surface area contributed by atoms with Crippen molar-refractivity contribution in [3.05, 3.63) is 42.4 Å². The molecule has 166 valence electrons.